The van der Waals surface area contributed by atoms with E-state index in [4.69, 9.17) is 4.74 Å². The van der Waals surface area contributed by atoms with E-state index in [9.17, 15) is 9.18 Å². The largest absolute Gasteiger partial charge is 0.444 e. The lowest BCUT2D eigenvalue weighted by molar-refractivity contribution is 0.0293. The number of ether oxygens (including phenoxy) is 1. The Morgan fingerprint density at radius 1 is 1.50 bits per heavy atom. The van der Waals surface area contributed by atoms with Gasteiger partial charge in [0.2, 0.25) is 5.95 Å². The number of hydrogen-bond donors (Lipinski definition) is 1. The molecular formula is C14H20FN3O2. The highest BCUT2D eigenvalue weighted by atomic mass is 19.1. The standard InChI is InChI=1S/C14H20FN3O2/c1-14(2,3)20-13(19)18-7-6-11(9-18)17-10-4-5-12(15)16-8-10/h4-5,8,11,17H,6-7,9H2,1-3H3. The van der Waals surface area contributed by atoms with Crippen LogP contribution in [-0.2, 0) is 4.74 Å². The topological polar surface area (TPSA) is 54.5 Å². The Labute approximate surface area is 118 Å². The highest BCUT2D eigenvalue weighted by Gasteiger charge is 2.29. The van der Waals surface area contributed by atoms with Crippen molar-refractivity contribution < 1.29 is 13.9 Å². The van der Waals surface area contributed by atoms with Crippen LogP contribution in [0.3, 0.4) is 0 Å². The zero-order chi connectivity index (χ0) is 14.8. The molecule has 5 nitrogen and oxygen atoms in total. The Morgan fingerprint density at radius 2 is 2.25 bits per heavy atom. The zero-order valence-electron chi connectivity index (χ0n) is 12.0. The van der Waals surface area contributed by atoms with Crippen LogP contribution in [0, 0.1) is 5.95 Å². The molecule has 110 valence electrons. The highest BCUT2D eigenvalue weighted by Crippen LogP contribution is 2.18. The second-order valence-electron chi connectivity index (χ2n) is 5.93. The average molecular weight is 281 g/mol. The van der Waals surface area contributed by atoms with Crippen LogP contribution in [0.4, 0.5) is 14.9 Å². The Hall–Kier alpha value is -1.85. The molecule has 0 aliphatic carbocycles. The Kier molecular flexibility index (Phi) is 4.11. The van der Waals surface area contributed by atoms with E-state index in [0.717, 1.165) is 12.1 Å². The molecule has 1 aromatic heterocycles. The first kappa shape index (κ1) is 14.6. The van der Waals surface area contributed by atoms with Gasteiger partial charge in [-0.25, -0.2) is 9.78 Å². The lowest BCUT2D eigenvalue weighted by Crippen LogP contribution is -2.36. The van der Waals surface area contributed by atoms with Crippen molar-refractivity contribution in [2.45, 2.75) is 38.8 Å². The fraction of sp³-hybridized carbons (Fsp3) is 0.571. The zero-order valence-corrected chi connectivity index (χ0v) is 12.0. The summed E-state index contributed by atoms with van der Waals surface area (Å²) < 4.78 is 18.1. The Bertz CT molecular complexity index is 470. The molecule has 1 unspecified atom stereocenters. The van der Waals surface area contributed by atoms with Crippen LogP contribution in [-0.4, -0.2) is 40.7 Å². The quantitative estimate of drug-likeness (QED) is 0.847. The van der Waals surface area contributed by atoms with Gasteiger partial charge in [-0.15, -0.1) is 0 Å². The molecular weight excluding hydrogens is 261 g/mol. The molecule has 0 bridgehead atoms. The summed E-state index contributed by atoms with van der Waals surface area (Å²) >= 11 is 0. The van der Waals surface area contributed by atoms with Crippen molar-refractivity contribution in [1.29, 1.82) is 0 Å². The molecule has 1 saturated heterocycles. The number of likely N-dealkylation sites (tertiary alicyclic amines) is 1. The molecule has 1 amide bonds. The summed E-state index contributed by atoms with van der Waals surface area (Å²) in [5, 5.41) is 3.24. The summed E-state index contributed by atoms with van der Waals surface area (Å²) in [5.41, 5.74) is 0.270. The summed E-state index contributed by atoms with van der Waals surface area (Å²) in [4.78, 5) is 17.2. The molecule has 1 fully saturated rings. The van der Waals surface area contributed by atoms with Crippen LogP contribution in [0.15, 0.2) is 18.3 Å². The Balaban J connectivity index is 1.86. The number of rotatable bonds is 2. The van der Waals surface area contributed by atoms with Gasteiger partial charge < -0.3 is 15.0 Å². The minimum Gasteiger partial charge on any atom is -0.444 e. The van der Waals surface area contributed by atoms with Gasteiger partial charge in [0.05, 0.1) is 11.9 Å². The summed E-state index contributed by atoms with van der Waals surface area (Å²) in [6.07, 6.45) is 1.99. The minimum atomic E-state index is -0.502. The normalized spacial score (nSPS) is 19.0. The predicted octanol–water partition coefficient (Wildman–Crippen LogP) is 2.64. The number of anilines is 1. The maximum absolute atomic E-state index is 12.7. The average Bonchev–Trinajstić information content (AvgIpc) is 2.79. The third kappa shape index (κ3) is 4.08. The van der Waals surface area contributed by atoms with Crippen molar-refractivity contribution in [3.05, 3.63) is 24.3 Å². The third-order valence-corrected chi connectivity index (χ3v) is 2.94. The van der Waals surface area contributed by atoms with E-state index in [-0.39, 0.29) is 12.1 Å². The minimum absolute atomic E-state index is 0.134. The second-order valence-corrected chi connectivity index (χ2v) is 5.93. The van der Waals surface area contributed by atoms with E-state index in [2.05, 4.69) is 10.3 Å². The number of hydrogen-bond acceptors (Lipinski definition) is 4. The molecule has 0 radical (unpaired) electrons. The van der Waals surface area contributed by atoms with Gasteiger partial charge in [-0.05, 0) is 39.3 Å². The van der Waals surface area contributed by atoms with Crippen LogP contribution in [0.25, 0.3) is 0 Å². The van der Waals surface area contributed by atoms with Crippen molar-refractivity contribution in [1.82, 2.24) is 9.88 Å². The second kappa shape index (κ2) is 5.64. The first-order valence-corrected chi connectivity index (χ1v) is 6.69. The lowest BCUT2D eigenvalue weighted by atomic mass is 10.2. The molecule has 0 aromatic carbocycles. The molecule has 1 aliphatic heterocycles. The molecule has 1 aromatic rings. The van der Waals surface area contributed by atoms with Crippen molar-refractivity contribution in [3.8, 4) is 0 Å². The molecule has 1 aliphatic rings. The summed E-state index contributed by atoms with van der Waals surface area (Å²) in [7, 11) is 0. The summed E-state index contributed by atoms with van der Waals surface area (Å²) in [6, 6.07) is 3.08. The van der Waals surface area contributed by atoms with Gasteiger partial charge in [0.1, 0.15) is 5.60 Å². The van der Waals surface area contributed by atoms with E-state index in [1.54, 1.807) is 11.0 Å². The van der Waals surface area contributed by atoms with Crippen molar-refractivity contribution in [3.63, 3.8) is 0 Å². The molecule has 0 spiro atoms. The van der Waals surface area contributed by atoms with E-state index in [1.807, 2.05) is 20.8 Å². The van der Waals surface area contributed by atoms with Gasteiger partial charge in [-0.3, -0.25) is 0 Å². The van der Waals surface area contributed by atoms with Gasteiger partial charge in [-0.1, -0.05) is 0 Å². The molecule has 6 heteroatoms. The number of amides is 1. The lowest BCUT2D eigenvalue weighted by Gasteiger charge is -2.24. The first-order valence-electron chi connectivity index (χ1n) is 6.69. The van der Waals surface area contributed by atoms with Crippen molar-refractivity contribution in [2.24, 2.45) is 0 Å². The fourth-order valence-corrected chi connectivity index (χ4v) is 2.07. The molecule has 0 saturated carbocycles. The molecule has 20 heavy (non-hydrogen) atoms. The van der Waals surface area contributed by atoms with Gasteiger partial charge >= 0.3 is 6.09 Å². The van der Waals surface area contributed by atoms with Crippen LogP contribution >= 0.6 is 0 Å². The number of aromatic nitrogens is 1. The summed E-state index contributed by atoms with van der Waals surface area (Å²) in [6.45, 7) is 6.77. The number of carbonyl (C=O) groups is 1. The number of nitrogens with zero attached hydrogens (tertiary/aromatic N) is 2. The molecule has 2 rings (SSSR count). The van der Waals surface area contributed by atoms with Gasteiger partial charge in [0.15, 0.2) is 0 Å². The van der Waals surface area contributed by atoms with E-state index in [1.165, 1.54) is 12.3 Å². The van der Waals surface area contributed by atoms with Crippen LogP contribution in [0.1, 0.15) is 27.2 Å². The number of carbonyl (C=O) groups excluding carboxylic acids is 1. The van der Waals surface area contributed by atoms with E-state index >= 15 is 0 Å². The highest BCUT2D eigenvalue weighted by molar-refractivity contribution is 5.68. The van der Waals surface area contributed by atoms with Crippen LogP contribution in [0.5, 0.6) is 0 Å². The number of pyridine rings is 1. The maximum atomic E-state index is 12.7. The monoisotopic (exact) mass is 281 g/mol. The van der Waals surface area contributed by atoms with E-state index in [0.29, 0.717) is 13.1 Å². The van der Waals surface area contributed by atoms with Gasteiger partial charge in [0.25, 0.3) is 0 Å². The fourth-order valence-electron chi connectivity index (χ4n) is 2.07. The first-order chi connectivity index (χ1) is 9.33. The number of nitrogens with one attached hydrogen (secondary N) is 1. The molecule has 2 heterocycles. The SMILES string of the molecule is CC(C)(C)OC(=O)N1CCC(Nc2ccc(F)nc2)C1. The maximum Gasteiger partial charge on any atom is 0.410 e. The van der Waals surface area contributed by atoms with E-state index < -0.39 is 11.5 Å². The Morgan fingerprint density at radius 3 is 2.85 bits per heavy atom. The van der Waals surface area contributed by atoms with Crippen LogP contribution in [0.2, 0.25) is 0 Å². The van der Waals surface area contributed by atoms with Crippen molar-refractivity contribution >= 4 is 11.8 Å². The predicted molar refractivity (Wildman–Crippen MR) is 74.0 cm³/mol. The molecule has 1 atom stereocenters. The van der Waals surface area contributed by atoms with Crippen molar-refractivity contribution in [2.75, 3.05) is 18.4 Å². The van der Waals surface area contributed by atoms with Gasteiger partial charge in [-0.2, -0.15) is 4.39 Å². The van der Waals surface area contributed by atoms with Gasteiger partial charge in [0, 0.05) is 19.1 Å². The summed E-state index contributed by atoms with van der Waals surface area (Å²) in [5.74, 6) is -0.502. The smallest absolute Gasteiger partial charge is 0.410 e. The number of halogens is 1. The molecule has 1 N–H and O–H groups in total. The van der Waals surface area contributed by atoms with Crippen LogP contribution < -0.4 is 5.32 Å². The third-order valence-electron chi connectivity index (χ3n) is 2.94.